The molecule has 1 aliphatic heterocycles. The van der Waals surface area contributed by atoms with Crippen LogP contribution in [0.2, 0.25) is 0 Å². The molecule has 2 aromatic carbocycles. The van der Waals surface area contributed by atoms with Crippen molar-refractivity contribution in [2.75, 3.05) is 29.9 Å². The third kappa shape index (κ3) is 4.90. The monoisotopic (exact) mass is 397 g/mol. The molecule has 1 saturated heterocycles. The third-order valence-electron chi connectivity index (χ3n) is 4.93. The number of piperidine rings is 1. The molecule has 0 spiro atoms. The fourth-order valence-corrected chi connectivity index (χ4v) is 3.45. The van der Waals surface area contributed by atoms with Crippen LogP contribution in [0.25, 0.3) is 0 Å². The van der Waals surface area contributed by atoms with E-state index in [1.165, 1.54) is 6.07 Å². The van der Waals surface area contributed by atoms with Crippen LogP contribution in [-0.2, 0) is 9.53 Å². The van der Waals surface area contributed by atoms with E-state index in [2.05, 4.69) is 5.32 Å². The normalized spacial score (nSPS) is 14.3. The Bertz CT molecular complexity index is 907. The zero-order valence-corrected chi connectivity index (χ0v) is 16.2. The molecular formula is C21H23N3O5. The van der Waals surface area contributed by atoms with E-state index in [1.54, 1.807) is 49.4 Å². The maximum Gasteiger partial charge on any atom is 0.338 e. The Labute approximate surface area is 168 Å². The topological polar surface area (TPSA) is 102 Å². The molecule has 0 radical (unpaired) electrons. The van der Waals surface area contributed by atoms with Crippen molar-refractivity contribution in [2.24, 2.45) is 5.92 Å². The second-order valence-corrected chi connectivity index (χ2v) is 6.80. The van der Waals surface area contributed by atoms with Gasteiger partial charge < -0.3 is 15.0 Å². The number of esters is 1. The number of rotatable bonds is 6. The molecule has 8 heteroatoms. The molecular weight excluding hydrogens is 374 g/mol. The summed E-state index contributed by atoms with van der Waals surface area (Å²) in [4.78, 5) is 37.3. The van der Waals surface area contributed by atoms with Crippen molar-refractivity contribution in [3.05, 3.63) is 64.2 Å². The van der Waals surface area contributed by atoms with E-state index in [0.29, 0.717) is 42.9 Å². The summed E-state index contributed by atoms with van der Waals surface area (Å²) in [5.41, 5.74) is 1.59. The van der Waals surface area contributed by atoms with E-state index < -0.39 is 5.97 Å². The number of anilines is 2. The van der Waals surface area contributed by atoms with Crippen LogP contribution < -0.4 is 10.2 Å². The van der Waals surface area contributed by atoms with E-state index in [9.17, 15) is 19.7 Å². The standard InChI is InChI=1S/C21H23N3O5/c1-2-29-21(26)16-6-5-7-17(14-16)22-20(25)15-10-12-23(13-11-15)18-8-3-4-9-19(18)24(27)28/h3-9,14-15H,2,10-13H2,1H3,(H,22,25). The maximum absolute atomic E-state index is 12.6. The number of hydrogen-bond acceptors (Lipinski definition) is 6. The number of carbonyl (C=O) groups excluding carboxylic acids is 2. The van der Waals surface area contributed by atoms with Gasteiger partial charge in [-0.05, 0) is 44.0 Å². The lowest BCUT2D eigenvalue weighted by atomic mass is 9.95. The van der Waals surface area contributed by atoms with E-state index in [4.69, 9.17) is 4.74 Å². The van der Waals surface area contributed by atoms with Crippen LogP contribution in [-0.4, -0.2) is 36.5 Å². The van der Waals surface area contributed by atoms with Crippen LogP contribution in [0.1, 0.15) is 30.1 Å². The van der Waals surface area contributed by atoms with Gasteiger partial charge in [0, 0.05) is 30.8 Å². The summed E-state index contributed by atoms with van der Waals surface area (Å²) in [7, 11) is 0. The summed E-state index contributed by atoms with van der Waals surface area (Å²) < 4.78 is 4.98. The molecule has 0 bridgehead atoms. The minimum absolute atomic E-state index is 0.0752. The number of carbonyl (C=O) groups is 2. The molecule has 1 heterocycles. The average molecular weight is 397 g/mol. The van der Waals surface area contributed by atoms with E-state index >= 15 is 0 Å². The average Bonchev–Trinajstić information content (AvgIpc) is 2.74. The zero-order chi connectivity index (χ0) is 20.8. The second kappa shape index (κ2) is 9.18. The lowest BCUT2D eigenvalue weighted by molar-refractivity contribution is -0.384. The van der Waals surface area contributed by atoms with Gasteiger partial charge in [-0.1, -0.05) is 18.2 Å². The van der Waals surface area contributed by atoms with E-state index in [1.807, 2.05) is 4.90 Å². The van der Waals surface area contributed by atoms with Crippen LogP contribution in [0, 0.1) is 16.0 Å². The number of para-hydroxylation sites is 2. The smallest absolute Gasteiger partial charge is 0.338 e. The van der Waals surface area contributed by atoms with Crippen LogP contribution in [0.5, 0.6) is 0 Å². The van der Waals surface area contributed by atoms with E-state index in [-0.39, 0.29) is 29.0 Å². The first-order valence-corrected chi connectivity index (χ1v) is 9.56. The Morgan fingerprint density at radius 3 is 2.59 bits per heavy atom. The molecule has 0 atom stereocenters. The van der Waals surface area contributed by atoms with Crippen molar-refractivity contribution < 1.29 is 19.2 Å². The lowest BCUT2D eigenvalue weighted by Crippen LogP contribution is -2.38. The van der Waals surface area contributed by atoms with Crippen LogP contribution in [0.3, 0.4) is 0 Å². The predicted molar refractivity (Wildman–Crippen MR) is 109 cm³/mol. The Balaban J connectivity index is 1.60. The van der Waals surface area contributed by atoms with Gasteiger partial charge in [0.1, 0.15) is 5.69 Å². The van der Waals surface area contributed by atoms with Gasteiger partial charge in [-0.15, -0.1) is 0 Å². The lowest BCUT2D eigenvalue weighted by Gasteiger charge is -2.32. The number of nitrogens with one attached hydrogen (secondary N) is 1. The van der Waals surface area contributed by atoms with Gasteiger partial charge in [0.05, 0.1) is 17.1 Å². The Hall–Kier alpha value is -3.42. The molecule has 1 fully saturated rings. The molecule has 1 aliphatic rings. The second-order valence-electron chi connectivity index (χ2n) is 6.80. The fourth-order valence-electron chi connectivity index (χ4n) is 3.45. The van der Waals surface area contributed by atoms with Crippen molar-refractivity contribution in [1.82, 2.24) is 0 Å². The van der Waals surface area contributed by atoms with Gasteiger partial charge in [-0.25, -0.2) is 4.79 Å². The number of nitro benzene ring substituents is 1. The summed E-state index contributed by atoms with van der Waals surface area (Å²) >= 11 is 0. The number of benzene rings is 2. The first-order valence-electron chi connectivity index (χ1n) is 9.56. The molecule has 8 nitrogen and oxygen atoms in total. The molecule has 152 valence electrons. The van der Waals surface area contributed by atoms with Gasteiger partial charge in [-0.2, -0.15) is 0 Å². The summed E-state index contributed by atoms with van der Waals surface area (Å²) in [6.07, 6.45) is 1.19. The van der Waals surface area contributed by atoms with Gasteiger partial charge >= 0.3 is 5.97 Å². The molecule has 0 aliphatic carbocycles. The van der Waals surface area contributed by atoms with Crippen LogP contribution in [0.15, 0.2) is 48.5 Å². The summed E-state index contributed by atoms with van der Waals surface area (Å²) in [5, 5.41) is 14.1. The van der Waals surface area contributed by atoms with Crippen molar-refractivity contribution >= 4 is 28.9 Å². The Morgan fingerprint density at radius 1 is 1.17 bits per heavy atom. The first kappa shape index (κ1) is 20.3. The highest BCUT2D eigenvalue weighted by Crippen LogP contribution is 2.31. The first-order chi connectivity index (χ1) is 14.0. The molecule has 1 amide bonds. The van der Waals surface area contributed by atoms with Crippen molar-refractivity contribution in [3.8, 4) is 0 Å². The molecule has 2 aromatic rings. The molecule has 0 unspecified atom stereocenters. The fraction of sp³-hybridized carbons (Fsp3) is 0.333. The maximum atomic E-state index is 12.6. The Morgan fingerprint density at radius 2 is 1.90 bits per heavy atom. The quantitative estimate of drug-likeness (QED) is 0.454. The summed E-state index contributed by atoms with van der Waals surface area (Å²) in [6, 6.07) is 13.3. The zero-order valence-electron chi connectivity index (χ0n) is 16.2. The summed E-state index contributed by atoms with van der Waals surface area (Å²) in [5.74, 6) is -0.741. The number of ether oxygens (including phenoxy) is 1. The van der Waals surface area contributed by atoms with Gasteiger partial charge in [0.15, 0.2) is 0 Å². The third-order valence-corrected chi connectivity index (χ3v) is 4.93. The number of amides is 1. The van der Waals surface area contributed by atoms with Gasteiger partial charge in [-0.3, -0.25) is 14.9 Å². The molecule has 3 rings (SSSR count). The highest BCUT2D eigenvalue weighted by atomic mass is 16.6. The highest BCUT2D eigenvalue weighted by molar-refractivity contribution is 5.95. The number of hydrogen-bond donors (Lipinski definition) is 1. The van der Waals surface area contributed by atoms with Crippen LogP contribution in [0.4, 0.5) is 17.1 Å². The number of nitro groups is 1. The van der Waals surface area contributed by atoms with Crippen LogP contribution >= 0.6 is 0 Å². The SMILES string of the molecule is CCOC(=O)c1cccc(NC(=O)C2CCN(c3ccccc3[N+](=O)[O-])CC2)c1. The molecule has 1 N–H and O–H groups in total. The van der Waals surface area contributed by atoms with Gasteiger partial charge in [0.25, 0.3) is 5.69 Å². The van der Waals surface area contributed by atoms with Crippen molar-refractivity contribution in [2.45, 2.75) is 19.8 Å². The van der Waals surface area contributed by atoms with Crippen molar-refractivity contribution in [3.63, 3.8) is 0 Å². The van der Waals surface area contributed by atoms with Crippen molar-refractivity contribution in [1.29, 1.82) is 0 Å². The predicted octanol–water partition coefficient (Wildman–Crippen LogP) is 3.63. The van der Waals surface area contributed by atoms with E-state index in [0.717, 1.165) is 0 Å². The molecule has 29 heavy (non-hydrogen) atoms. The number of nitrogens with zero attached hydrogens (tertiary/aromatic N) is 2. The largest absolute Gasteiger partial charge is 0.462 e. The van der Waals surface area contributed by atoms with Gasteiger partial charge in [0.2, 0.25) is 5.91 Å². The Kier molecular flexibility index (Phi) is 6.43. The highest BCUT2D eigenvalue weighted by Gasteiger charge is 2.28. The molecule has 0 aromatic heterocycles. The minimum atomic E-state index is -0.429. The summed E-state index contributed by atoms with van der Waals surface area (Å²) in [6.45, 7) is 3.14. The minimum Gasteiger partial charge on any atom is -0.462 e. The molecule has 0 saturated carbocycles.